The van der Waals surface area contributed by atoms with E-state index in [1.54, 1.807) is 21.7 Å². The van der Waals surface area contributed by atoms with Crippen molar-refractivity contribution >= 4 is 5.91 Å². The largest absolute Gasteiger partial charge is 0.365 e. The normalized spacial score (nSPS) is 23.8. The molecule has 1 atom stereocenters. The molecule has 0 bridgehead atoms. The minimum Gasteiger partial charge on any atom is -0.365 e. The van der Waals surface area contributed by atoms with Gasteiger partial charge in [-0.15, -0.1) is 5.10 Å². The van der Waals surface area contributed by atoms with Crippen molar-refractivity contribution in [3.05, 3.63) is 47.0 Å². The molecule has 8 nitrogen and oxygen atoms in total. The second-order valence-corrected chi connectivity index (χ2v) is 7.32. The summed E-state index contributed by atoms with van der Waals surface area (Å²) >= 11 is 0. The first-order valence-electron chi connectivity index (χ1n) is 9.50. The molecule has 28 heavy (non-hydrogen) atoms. The van der Waals surface area contributed by atoms with Crippen LogP contribution in [0.3, 0.4) is 0 Å². The Hall–Kier alpha value is -2.36. The molecule has 2 saturated heterocycles. The fourth-order valence-corrected chi connectivity index (χ4v) is 4.04. The Morgan fingerprint density at radius 2 is 1.86 bits per heavy atom. The zero-order valence-electron chi connectivity index (χ0n) is 15.3. The average Bonchev–Trinajstić information content (AvgIpc) is 3.35. The highest BCUT2D eigenvalue weighted by Gasteiger charge is 2.41. The van der Waals surface area contributed by atoms with Gasteiger partial charge in [0.2, 0.25) is 0 Å². The summed E-state index contributed by atoms with van der Waals surface area (Å²) in [5.41, 5.74) is 1.88. The van der Waals surface area contributed by atoms with E-state index >= 15 is 0 Å². The van der Waals surface area contributed by atoms with Gasteiger partial charge in [-0.05, 0) is 17.7 Å². The SMILES string of the molecule is O=C(c1nnn2c1COC(c1ccc(F)cc1)C2)N1CCC2(CC1)OCCO2. The second kappa shape index (κ2) is 6.91. The summed E-state index contributed by atoms with van der Waals surface area (Å²) in [5, 5.41) is 8.28. The Labute approximate surface area is 161 Å². The Kier molecular flexibility index (Phi) is 4.37. The number of aromatic nitrogens is 3. The van der Waals surface area contributed by atoms with Crippen LogP contribution in [0.4, 0.5) is 4.39 Å². The van der Waals surface area contributed by atoms with Crippen molar-refractivity contribution in [2.75, 3.05) is 26.3 Å². The van der Waals surface area contributed by atoms with E-state index in [1.165, 1.54) is 12.1 Å². The lowest BCUT2D eigenvalue weighted by Gasteiger charge is -2.37. The van der Waals surface area contributed by atoms with E-state index in [0.717, 1.165) is 5.56 Å². The zero-order chi connectivity index (χ0) is 19.1. The molecular formula is C19H21FN4O4. The Morgan fingerprint density at radius 3 is 2.57 bits per heavy atom. The van der Waals surface area contributed by atoms with Crippen molar-refractivity contribution in [2.24, 2.45) is 0 Å². The van der Waals surface area contributed by atoms with Crippen LogP contribution in [0.1, 0.15) is 40.7 Å². The molecule has 3 aliphatic heterocycles. The van der Waals surface area contributed by atoms with Gasteiger partial charge in [0.1, 0.15) is 11.9 Å². The minimum atomic E-state index is -0.520. The molecule has 0 radical (unpaired) electrons. The summed E-state index contributed by atoms with van der Waals surface area (Å²) in [4.78, 5) is 14.7. The van der Waals surface area contributed by atoms with Crippen molar-refractivity contribution in [3.8, 4) is 0 Å². The molecule has 148 valence electrons. The number of likely N-dealkylation sites (tertiary alicyclic amines) is 1. The summed E-state index contributed by atoms with van der Waals surface area (Å²) in [6.07, 6.45) is 1.07. The highest BCUT2D eigenvalue weighted by molar-refractivity contribution is 5.93. The van der Waals surface area contributed by atoms with Gasteiger partial charge in [0.15, 0.2) is 11.5 Å². The third kappa shape index (κ3) is 3.09. The molecule has 1 spiro atoms. The molecule has 3 aliphatic rings. The van der Waals surface area contributed by atoms with E-state index in [4.69, 9.17) is 14.2 Å². The molecule has 0 saturated carbocycles. The summed E-state index contributed by atoms with van der Waals surface area (Å²) in [6.45, 7) is 3.01. The van der Waals surface area contributed by atoms with Crippen molar-refractivity contribution in [1.29, 1.82) is 0 Å². The summed E-state index contributed by atoms with van der Waals surface area (Å²) in [6, 6.07) is 6.21. The molecule has 4 heterocycles. The highest BCUT2D eigenvalue weighted by atomic mass is 19.1. The van der Waals surface area contributed by atoms with Gasteiger partial charge in [0.25, 0.3) is 5.91 Å². The predicted molar refractivity (Wildman–Crippen MR) is 93.7 cm³/mol. The van der Waals surface area contributed by atoms with Crippen LogP contribution in [-0.2, 0) is 27.4 Å². The van der Waals surface area contributed by atoms with E-state index in [1.807, 2.05) is 0 Å². The van der Waals surface area contributed by atoms with Crippen LogP contribution >= 0.6 is 0 Å². The van der Waals surface area contributed by atoms with Crippen LogP contribution in [0.25, 0.3) is 0 Å². The number of hydrogen-bond donors (Lipinski definition) is 0. The Balaban J connectivity index is 1.28. The number of benzene rings is 1. The Morgan fingerprint density at radius 1 is 1.14 bits per heavy atom. The van der Waals surface area contributed by atoms with Crippen LogP contribution in [0, 0.1) is 5.82 Å². The fraction of sp³-hybridized carbons (Fsp3) is 0.526. The molecule has 1 unspecified atom stereocenters. The number of ether oxygens (including phenoxy) is 3. The number of piperidine rings is 1. The number of hydrogen-bond acceptors (Lipinski definition) is 6. The van der Waals surface area contributed by atoms with Gasteiger partial charge in [-0.3, -0.25) is 4.79 Å². The molecule has 1 amide bonds. The maximum atomic E-state index is 13.1. The second-order valence-electron chi connectivity index (χ2n) is 7.32. The molecule has 1 aromatic heterocycles. The lowest BCUT2D eigenvalue weighted by molar-refractivity contribution is -0.181. The van der Waals surface area contributed by atoms with Gasteiger partial charge in [0.05, 0.1) is 32.1 Å². The van der Waals surface area contributed by atoms with Gasteiger partial charge in [-0.2, -0.15) is 0 Å². The molecule has 0 N–H and O–H groups in total. The molecular weight excluding hydrogens is 367 g/mol. The van der Waals surface area contributed by atoms with Crippen molar-refractivity contribution in [1.82, 2.24) is 19.9 Å². The average molecular weight is 388 g/mol. The third-order valence-corrected chi connectivity index (χ3v) is 5.67. The van der Waals surface area contributed by atoms with Gasteiger partial charge in [0, 0.05) is 25.9 Å². The lowest BCUT2D eigenvalue weighted by Crippen LogP contribution is -2.47. The topological polar surface area (TPSA) is 78.7 Å². The van der Waals surface area contributed by atoms with Crippen LogP contribution in [0.15, 0.2) is 24.3 Å². The van der Waals surface area contributed by atoms with Crippen molar-refractivity contribution in [2.45, 2.75) is 37.9 Å². The highest BCUT2D eigenvalue weighted by Crippen LogP contribution is 2.32. The first kappa shape index (κ1) is 17.7. The number of halogens is 1. The van der Waals surface area contributed by atoms with Crippen LogP contribution in [0.5, 0.6) is 0 Å². The number of carbonyl (C=O) groups is 1. The standard InChI is InChI=1S/C19H21FN4O4/c20-14-3-1-13(2-4-14)16-11-24-15(12-26-16)17(21-22-24)18(25)23-7-5-19(6-8-23)27-9-10-28-19/h1-4,16H,5-12H2. The monoisotopic (exact) mass is 388 g/mol. The minimum absolute atomic E-state index is 0.141. The molecule has 5 rings (SSSR count). The number of amides is 1. The number of nitrogens with zero attached hydrogens (tertiary/aromatic N) is 4. The predicted octanol–water partition coefficient (Wildman–Crippen LogP) is 1.67. The maximum Gasteiger partial charge on any atom is 0.276 e. The van der Waals surface area contributed by atoms with Crippen molar-refractivity contribution in [3.63, 3.8) is 0 Å². The summed E-state index contributed by atoms with van der Waals surface area (Å²) in [7, 11) is 0. The first-order valence-corrected chi connectivity index (χ1v) is 9.50. The van der Waals surface area contributed by atoms with Gasteiger partial charge in [-0.25, -0.2) is 9.07 Å². The van der Waals surface area contributed by atoms with Crippen LogP contribution in [-0.4, -0.2) is 57.9 Å². The van der Waals surface area contributed by atoms with E-state index in [2.05, 4.69) is 10.3 Å². The van der Waals surface area contributed by atoms with E-state index in [9.17, 15) is 9.18 Å². The van der Waals surface area contributed by atoms with Gasteiger partial charge < -0.3 is 19.1 Å². The Bertz CT molecular complexity index is 869. The lowest BCUT2D eigenvalue weighted by atomic mass is 10.0. The number of carbonyl (C=O) groups excluding carboxylic acids is 1. The molecule has 1 aromatic carbocycles. The molecule has 2 fully saturated rings. The number of fused-ring (bicyclic) bond motifs is 1. The summed E-state index contributed by atoms with van der Waals surface area (Å²) in [5.74, 6) is -0.947. The van der Waals surface area contributed by atoms with Crippen molar-refractivity contribution < 1.29 is 23.4 Å². The van der Waals surface area contributed by atoms with Gasteiger partial charge >= 0.3 is 0 Å². The smallest absolute Gasteiger partial charge is 0.276 e. The van der Waals surface area contributed by atoms with Crippen LogP contribution in [0.2, 0.25) is 0 Å². The van der Waals surface area contributed by atoms with E-state index in [-0.39, 0.29) is 24.4 Å². The molecule has 0 aliphatic carbocycles. The summed E-state index contributed by atoms with van der Waals surface area (Å²) < 4.78 is 32.2. The van der Waals surface area contributed by atoms with Gasteiger partial charge in [-0.1, -0.05) is 17.3 Å². The number of rotatable bonds is 2. The maximum absolute atomic E-state index is 13.1. The molecule has 9 heteroatoms. The van der Waals surface area contributed by atoms with E-state index < -0.39 is 5.79 Å². The van der Waals surface area contributed by atoms with Crippen LogP contribution < -0.4 is 0 Å². The quantitative estimate of drug-likeness (QED) is 0.779. The first-order chi connectivity index (χ1) is 13.6. The third-order valence-electron chi connectivity index (χ3n) is 5.67. The zero-order valence-corrected chi connectivity index (χ0v) is 15.3. The fourth-order valence-electron chi connectivity index (χ4n) is 4.04. The molecule has 2 aromatic rings. The van der Waals surface area contributed by atoms with E-state index in [0.29, 0.717) is 57.1 Å².